The van der Waals surface area contributed by atoms with Crippen molar-refractivity contribution in [2.75, 3.05) is 26.4 Å². The molecular formula is C22H26N2O3. The minimum atomic E-state index is -0.584. The Kier molecular flexibility index (Phi) is 7.42. The van der Waals surface area contributed by atoms with Gasteiger partial charge in [-0.3, -0.25) is 0 Å². The standard InChI is InChI=1S/C22H26N2O3/c23-15-18-17-9-3-4-10-20-21(17)19(16-24)22(18)27-14-8-2-6-12-25-11-5-1-7-13-26-20/h3-4,9-10,20,22H,1-2,5-8,11-14H2. The van der Waals surface area contributed by atoms with Gasteiger partial charge in [-0.1, -0.05) is 24.3 Å². The highest BCUT2D eigenvalue weighted by Gasteiger charge is 2.37. The van der Waals surface area contributed by atoms with Gasteiger partial charge in [-0.05, 0) is 44.1 Å². The molecule has 0 N–H and O–H groups in total. The number of ether oxygens (including phenoxy) is 3. The van der Waals surface area contributed by atoms with Gasteiger partial charge in [0.1, 0.15) is 12.2 Å². The van der Waals surface area contributed by atoms with Crippen LogP contribution in [0.5, 0.6) is 0 Å². The Labute approximate surface area is 161 Å². The molecule has 0 aromatic heterocycles. The molecule has 0 radical (unpaired) electrons. The molecule has 3 rings (SSSR count). The van der Waals surface area contributed by atoms with E-state index in [4.69, 9.17) is 14.2 Å². The van der Waals surface area contributed by atoms with Crippen LogP contribution in [0.3, 0.4) is 0 Å². The molecule has 5 nitrogen and oxygen atoms in total. The third kappa shape index (κ3) is 4.76. The van der Waals surface area contributed by atoms with Crippen molar-refractivity contribution < 1.29 is 14.2 Å². The predicted octanol–water partition coefficient (Wildman–Crippen LogP) is 3.91. The molecule has 0 aromatic carbocycles. The lowest BCUT2D eigenvalue weighted by Crippen LogP contribution is -2.19. The second-order valence-corrected chi connectivity index (χ2v) is 6.90. The molecule has 2 bridgehead atoms. The lowest BCUT2D eigenvalue weighted by molar-refractivity contribution is 0.0963. The fourth-order valence-corrected chi connectivity index (χ4v) is 3.64. The number of fused-ring (bicyclic) bond motifs is 1. The van der Waals surface area contributed by atoms with Gasteiger partial charge in [-0.15, -0.1) is 0 Å². The third-order valence-electron chi connectivity index (χ3n) is 5.03. The van der Waals surface area contributed by atoms with E-state index in [1.54, 1.807) is 0 Å². The Bertz CT molecular complexity index is 734. The van der Waals surface area contributed by atoms with Gasteiger partial charge in [-0.25, -0.2) is 0 Å². The molecule has 0 fully saturated rings. The summed E-state index contributed by atoms with van der Waals surface area (Å²) in [5, 5.41) is 19.5. The monoisotopic (exact) mass is 366 g/mol. The lowest BCUT2D eigenvalue weighted by Gasteiger charge is -2.17. The van der Waals surface area contributed by atoms with E-state index in [-0.39, 0.29) is 6.10 Å². The molecule has 2 aliphatic carbocycles. The number of nitriles is 2. The quantitative estimate of drug-likeness (QED) is 0.650. The SMILES string of the molecule is N#CC1=C2C=CC=CC3OCCCCCOCCCCCOC1C(C#N)=C23. The molecular weight excluding hydrogens is 340 g/mol. The fraction of sp³-hybridized carbons (Fsp3) is 0.545. The fourth-order valence-electron chi connectivity index (χ4n) is 3.64. The van der Waals surface area contributed by atoms with Crippen molar-refractivity contribution in [3.8, 4) is 12.1 Å². The zero-order valence-electron chi connectivity index (χ0n) is 15.7. The van der Waals surface area contributed by atoms with Crippen LogP contribution in [0.4, 0.5) is 0 Å². The zero-order chi connectivity index (χ0) is 18.9. The van der Waals surface area contributed by atoms with Crippen molar-refractivity contribution in [3.05, 3.63) is 46.6 Å². The maximum absolute atomic E-state index is 9.81. The molecule has 0 saturated carbocycles. The normalized spacial score (nSPS) is 27.6. The number of allylic oxidation sites excluding steroid dienone is 3. The van der Waals surface area contributed by atoms with E-state index in [1.807, 2.05) is 24.3 Å². The predicted molar refractivity (Wildman–Crippen MR) is 102 cm³/mol. The van der Waals surface area contributed by atoms with E-state index >= 15 is 0 Å². The summed E-state index contributed by atoms with van der Waals surface area (Å²) in [5.41, 5.74) is 2.59. The van der Waals surface area contributed by atoms with Crippen LogP contribution >= 0.6 is 0 Å². The van der Waals surface area contributed by atoms with Gasteiger partial charge in [0, 0.05) is 32.0 Å². The van der Waals surface area contributed by atoms with Crippen molar-refractivity contribution >= 4 is 0 Å². The number of hydrogen-bond acceptors (Lipinski definition) is 5. The largest absolute Gasteiger partial charge is 0.381 e. The maximum Gasteiger partial charge on any atom is 0.128 e. The van der Waals surface area contributed by atoms with Crippen molar-refractivity contribution in [2.45, 2.75) is 50.7 Å². The van der Waals surface area contributed by atoms with Crippen molar-refractivity contribution in [1.29, 1.82) is 10.5 Å². The Hall–Kier alpha value is -2.18. The average molecular weight is 366 g/mol. The smallest absolute Gasteiger partial charge is 0.128 e. The molecule has 2 atom stereocenters. The summed E-state index contributed by atoms with van der Waals surface area (Å²) in [7, 11) is 0. The Balaban J connectivity index is 1.86. The number of hydrogen-bond donors (Lipinski definition) is 0. The van der Waals surface area contributed by atoms with E-state index in [2.05, 4.69) is 12.1 Å². The molecule has 1 aliphatic heterocycles. The van der Waals surface area contributed by atoms with Crippen LogP contribution < -0.4 is 0 Å². The summed E-state index contributed by atoms with van der Waals surface area (Å²) in [5.74, 6) is 0. The second-order valence-electron chi connectivity index (χ2n) is 6.90. The molecule has 0 saturated heterocycles. The van der Waals surface area contributed by atoms with Crippen LogP contribution in [0.1, 0.15) is 38.5 Å². The van der Waals surface area contributed by atoms with Gasteiger partial charge >= 0.3 is 0 Å². The highest BCUT2D eigenvalue weighted by molar-refractivity contribution is 5.67. The second kappa shape index (κ2) is 10.2. The minimum Gasteiger partial charge on any atom is -0.381 e. The van der Waals surface area contributed by atoms with Crippen LogP contribution in [0, 0.1) is 22.7 Å². The minimum absolute atomic E-state index is 0.325. The van der Waals surface area contributed by atoms with Crippen LogP contribution in [-0.4, -0.2) is 38.6 Å². The topological polar surface area (TPSA) is 75.3 Å². The van der Waals surface area contributed by atoms with Crippen LogP contribution in [-0.2, 0) is 14.2 Å². The van der Waals surface area contributed by atoms with E-state index < -0.39 is 6.10 Å². The molecule has 0 aromatic rings. The molecule has 5 heteroatoms. The zero-order valence-corrected chi connectivity index (χ0v) is 15.7. The van der Waals surface area contributed by atoms with E-state index in [9.17, 15) is 10.5 Å². The van der Waals surface area contributed by atoms with Gasteiger partial charge in [0.15, 0.2) is 0 Å². The summed E-state index contributed by atoms with van der Waals surface area (Å²) in [6.45, 7) is 2.71. The maximum atomic E-state index is 9.81. The Morgan fingerprint density at radius 1 is 0.778 bits per heavy atom. The van der Waals surface area contributed by atoms with E-state index in [0.29, 0.717) is 24.4 Å². The average Bonchev–Trinajstić information content (AvgIpc) is 2.83. The Morgan fingerprint density at radius 2 is 1.44 bits per heavy atom. The number of rotatable bonds is 0. The summed E-state index contributed by atoms with van der Waals surface area (Å²) in [6, 6.07) is 4.56. The van der Waals surface area contributed by atoms with Crippen LogP contribution in [0.2, 0.25) is 0 Å². The highest BCUT2D eigenvalue weighted by Crippen LogP contribution is 2.39. The van der Waals surface area contributed by atoms with Crippen LogP contribution in [0.25, 0.3) is 0 Å². The van der Waals surface area contributed by atoms with Gasteiger partial charge in [0.2, 0.25) is 0 Å². The first-order valence-corrected chi connectivity index (χ1v) is 9.81. The lowest BCUT2D eigenvalue weighted by atomic mass is 10.0. The van der Waals surface area contributed by atoms with E-state index in [0.717, 1.165) is 62.9 Å². The molecule has 142 valence electrons. The summed E-state index contributed by atoms with van der Waals surface area (Å²) in [4.78, 5) is 0. The van der Waals surface area contributed by atoms with E-state index in [1.165, 1.54) is 0 Å². The van der Waals surface area contributed by atoms with Crippen molar-refractivity contribution in [1.82, 2.24) is 0 Å². The van der Waals surface area contributed by atoms with Gasteiger partial charge in [-0.2, -0.15) is 10.5 Å². The van der Waals surface area contributed by atoms with Gasteiger partial charge in [0.05, 0.1) is 23.3 Å². The summed E-state index contributed by atoms with van der Waals surface area (Å²) < 4.78 is 17.8. The van der Waals surface area contributed by atoms with Crippen molar-refractivity contribution in [3.63, 3.8) is 0 Å². The van der Waals surface area contributed by atoms with Crippen molar-refractivity contribution in [2.24, 2.45) is 0 Å². The molecule has 27 heavy (non-hydrogen) atoms. The van der Waals surface area contributed by atoms with Gasteiger partial charge in [0.25, 0.3) is 0 Å². The first kappa shape index (κ1) is 19.6. The first-order valence-electron chi connectivity index (χ1n) is 9.81. The number of nitrogens with zero attached hydrogens (tertiary/aromatic N) is 2. The Morgan fingerprint density at radius 3 is 2.15 bits per heavy atom. The highest BCUT2D eigenvalue weighted by atomic mass is 16.5. The van der Waals surface area contributed by atoms with Crippen LogP contribution in [0.15, 0.2) is 46.6 Å². The summed E-state index contributed by atoms with van der Waals surface area (Å²) >= 11 is 0. The molecule has 1 heterocycles. The summed E-state index contributed by atoms with van der Waals surface area (Å²) in [6.07, 6.45) is 12.7. The first-order chi connectivity index (χ1) is 13.4. The third-order valence-corrected chi connectivity index (χ3v) is 5.03. The molecule has 3 aliphatic rings. The molecule has 0 amide bonds. The molecule has 2 unspecified atom stereocenters. The van der Waals surface area contributed by atoms with Gasteiger partial charge < -0.3 is 14.2 Å². The molecule has 0 spiro atoms.